The summed E-state index contributed by atoms with van der Waals surface area (Å²) in [4.78, 5) is 21.1. The molecule has 1 saturated carbocycles. The number of hydrogen-bond acceptors (Lipinski definition) is 4. The van der Waals surface area contributed by atoms with E-state index < -0.39 is 0 Å². The molecule has 1 amide bonds. The van der Waals surface area contributed by atoms with E-state index in [1.54, 1.807) is 30.6 Å². The normalized spacial score (nSPS) is 13.3. The highest BCUT2D eigenvalue weighted by molar-refractivity contribution is 6.31. The molecule has 0 radical (unpaired) electrons. The van der Waals surface area contributed by atoms with Crippen LogP contribution in [-0.2, 0) is 0 Å². The first-order chi connectivity index (χ1) is 12.7. The summed E-state index contributed by atoms with van der Waals surface area (Å²) in [6, 6.07) is 14.4. The van der Waals surface area contributed by atoms with Gasteiger partial charge in [-0.3, -0.25) is 4.79 Å². The van der Waals surface area contributed by atoms with E-state index in [2.05, 4.69) is 15.3 Å². The molecular weight excluding hydrogens is 350 g/mol. The standard InChI is InChI=1S/C20H16ClN3O2/c21-15-8-9-18(26-16-4-2-1-3-5-16)17(10-15)24-20(25)14-11-22-19(23-12-14)13-6-7-13/h1-5,8-13H,6-7H2,(H,24,25). The third-order valence-electron chi connectivity index (χ3n) is 4.04. The zero-order valence-electron chi connectivity index (χ0n) is 13.9. The van der Waals surface area contributed by atoms with Gasteiger partial charge in [-0.25, -0.2) is 9.97 Å². The lowest BCUT2D eigenvalue weighted by Crippen LogP contribution is -2.13. The number of nitrogens with zero attached hydrogens (tertiary/aromatic N) is 2. The molecule has 2 aromatic carbocycles. The Labute approximate surface area is 156 Å². The van der Waals surface area contributed by atoms with E-state index in [0.717, 1.165) is 18.7 Å². The van der Waals surface area contributed by atoms with Crippen molar-refractivity contribution >= 4 is 23.2 Å². The minimum atomic E-state index is -0.312. The molecule has 1 aliphatic rings. The number of ether oxygens (including phenoxy) is 1. The zero-order chi connectivity index (χ0) is 17.9. The van der Waals surface area contributed by atoms with Crippen LogP contribution < -0.4 is 10.1 Å². The van der Waals surface area contributed by atoms with Gasteiger partial charge in [-0.1, -0.05) is 29.8 Å². The fourth-order valence-corrected chi connectivity index (χ4v) is 2.68. The van der Waals surface area contributed by atoms with Crippen LogP contribution in [0.1, 0.15) is 34.9 Å². The zero-order valence-corrected chi connectivity index (χ0v) is 14.6. The monoisotopic (exact) mass is 365 g/mol. The number of rotatable bonds is 5. The van der Waals surface area contributed by atoms with Crippen molar-refractivity contribution in [1.82, 2.24) is 9.97 Å². The average molecular weight is 366 g/mol. The Bertz CT molecular complexity index is 926. The molecule has 1 aliphatic carbocycles. The number of anilines is 1. The van der Waals surface area contributed by atoms with E-state index in [4.69, 9.17) is 16.3 Å². The molecule has 130 valence electrons. The number of carbonyl (C=O) groups is 1. The maximum absolute atomic E-state index is 12.5. The number of nitrogens with one attached hydrogen (secondary N) is 1. The van der Waals surface area contributed by atoms with Gasteiger partial charge in [0.2, 0.25) is 0 Å². The van der Waals surface area contributed by atoms with Crippen molar-refractivity contribution in [3.8, 4) is 11.5 Å². The lowest BCUT2D eigenvalue weighted by Gasteiger charge is -2.13. The molecule has 0 saturated heterocycles. The summed E-state index contributed by atoms with van der Waals surface area (Å²) in [5, 5.41) is 3.32. The minimum absolute atomic E-state index is 0.312. The van der Waals surface area contributed by atoms with Crippen molar-refractivity contribution < 1.29 is 9.53 Å². The van der Waals surface area contributed by atoms with Crippen LogP contribution in [0.2, 0.25) is 5.02 Å². The van der Waals surface area contributed by atoms with Gasteiger partial charge in [0.05, 0.1) is 11.3 Å². The summed E-state index contributed by atoms with van der Waals surface area (Å²) in [5.41, 5.74) is 0.873. The molecule has 4 rings (SSSR count). The van der Waals surface area contributed by atoms with Gasteiger partial charge in [-0.05, 0) is 43.2 Å². The fraction of sp³-hybridized carbons (Fsp3) is 0.150. The molecule has 5 nitrogen and oxygen atoms in total. The van der Waals surface area contributed by atoms with Crippen molar-refractivity contribution in [3.63, 3.8) is 0 Å². The second kappa shape index (κ2) is 7.14. The second-order valence-corrected chi connectivity index (χ2v) is 6.55. The van der Waals surface area contributed by atoms with Crippen LogP contribution in [0.3, 0.4) is 0 Å². The van der Waals surface area contributed by atoms with Gasteiger partial charge >= 0.3 is 0 Å². The maximum atomic E-state index is 12.5. The van der Waals surface area contributed by atoms with Crippen LogP contribution in [0.5, 0.6) is 11.5 Å². The lowest BCUT2D eigenvalue weighted by molar-refractivity contribution is 0.102. The molecule has 1 aromatic heterocycles. The Kier molecular flexibility index (Phi) is 4.54. The summed E-state index contributed by atoms with van der Waals surface area (Å²) in [7, 11) is 0. The molecule has 6 heteroatoms. The summed E-state index contributed by atoms with van der Waals surface area (Å²) < 4.78 is 5.86. The number of halogens is 1. The van der Waals surface area contributed by atoms with Crippen LogP contribution in [0.25, 0.3) is 0 Å². The predicted molar refractivity (Wildman–Crippen MR) is 99.9 cm³/mol. The van der Waals surface area contributed by atoms with Gasteiger partial charge in [0.15, 0.2) is 5.75 Å². The maximum Gasteiger partial charge on any atom is 0.258 e. The van der Waals surface area contributed by atoms with Gasteiger partial charge < -0.3 is 10.1 Å². The third-order valence-corrected chi connectivity index (χ3v) is 4.27. The van der Waals surface area contributed by atoms with Crippen molar-refractivity contribution in [2.45, 2.75) is 18.8 Å². The summed E-state index contributed by atoms with van der Waals surface area (Å²) in [6.45, 7) is 0. The number of para-hydroxylation sites is 1. The molecule has 3 aromatic rings. The van der Waals surface area contributed by atoms with Crippen molar-refractivity contribution in [1.29, 1.82) is 0 Å². The summed E-state index contributed by atoms with van der Waals surface area (Å²) >= 11 is 6.08. The van der Waals surface area contributed by atoms with Gasteiger partial charge in [-0.2, -0.15) is 0 Å². The summed E-state index contributed by atoms with van der Waals surface area (Å²) in [6.07, 6.45) is 5.35. The second-order valence-electron chi connectivity index (χ2n) is 6.11. The van der Waals surface area contributed by atoms with Crippen LogP contribution >= 0.6 is 11.6 Å². The average Bonchev–Trinajstić information content (AvgIpc) is 3.50. The van der Waals surface area contributed by atoms with Gasteiger partial charge in [0.1, 0.15) is 11.6 Å². The highest BCUT2D eigenvalue weighted by Crippen LogP contribution is 2.37. The molecular formula is C20H16ClN3O2. The van der Waals surface area contributed by atoms with E-state index in [0.29, 0.717) is 33.7 Å². The van der Waals surface area contributed by atoms with E-state index in [1.165, 1.54) is 0 Å². The molecule has 0 atom stereocenters. The molecule has 0 bridgehead atoms. The Morgan fingerprint density at radius 1 is 1.08 bits per heavy atom. The van der Waals surface area contributed by atoms with Crippen LogP contribution in [0.15, 0.2) is 60.9 Å². The van der Waals surface area contributed by atoms with E-state index in [1.807, 2.05) is 30.3 Å². The first kappa shape index (κ1) is 16.5. The van der Waals surface area contributed by atoms with Crippen molar-refractivity contribution in [3.05, 3.63) is 77.3 Å². The highest BCUT2D eigenvalue weighted by atomic mass is 35.5. The third kappa shape index (κ3) is 3.83. The Balaban J connectivity index is 1.54. The van der Waals surface area contributed by atoms with E-state index >= 15 is 0 Å². The van der Waals surface area contributed by atoms with Gasteiger partial charge in [0, 0.05) is 23.3 Å². The molecule has 0 spiro atoms. The summed E-state index contributed by atoms with van der Waals surface area (Å²) in [5.74, 6) is 2.11. The molecule has 0 aliphatic heterocycles. The smallest absolute Gasteiger partial charge is 0.258 e. The first-order valence-corrected chi connectivity index (χ1v) is 8.72. The van der Waals surface area contributed by atoms with Crippen LogP contribution in [0.4, 0.5) is 5.69 Å². The minimum Gasteiger partial charge on any atom is -0.455 e. The van der Waals surface area contributed by atoms with Gasteiger partial charge in [0.25, 0.3) is 5.91 Å². The SMILES string of the molecule is O=C(Nc1cc(Cl)ccc1Oc1ccccc1)c1cnc(C2CC2)nc1. The van der Waals surface area contributed by atoms with Crippen molar-refractivity contribution in [2.75, 3.05) is 5.32 Å². The largest absolute Gasteiger partial charge is 0.455 e. The number of amides is 1. The van der Waals surface area contributed by atoms with Crippen LogP contribution in [-0.4, -0.2) is 15.9 Å². The van der Waals surface area contributed by atoms with E-state index in [-0.39, 0.29) is 5.91 Å². The molecule has 1 N–H and O–H groups in total. The topological polar surface area (TPSA) is 64.1 Å². The number of benzene rings is 2. The Morgan fingerprint density at radius 2 is 1.81 bits per heavy atom. The number of hydrogen-bond donors (Lipinski definition) is 1. The highest BCUT2D eigenvalue weighted by Gasteiger charge is 2.26. The fourth-order valence-electron chi connectivity index (χ4n) is 2.51. The predicted octanol–water partition coefficient (Wildman–Crippen LogP) is 5.05. The van der Waals surface area contributed by atoms with Crippen LogP contribution in [0, 0.1) is 0 Å². The molecule has 0 unspecified atom stereocenters. The molecule has 26 heavy (non-hydrogen) atoms. The van der Waals surface area contributed by atoms with Gasteiger partial charge in [-0.15, -0.1) is 0 Å². The van der Waals surface area contributed by atoms with Crippen molar-refractivity contribution in [2.24, 2.45) is 0 Å². The Hall–Kier alpha value is -2.92. The number of carbonyl (C=O) groups excluding carboxylic acids is 1. The lowest BCUT2D eigenvalue weighted by atomic mass is 10.2. The van der Waals surface area contributed by atoms with E-state index in [9.17, 15) is 4.79 Å². The molecule has 1 heterocycles. The quantitative estimate of drug-likeness (QED) is 0.687. The molecule has 1 fully saturated rings. The Morgan fingerprint density at radius 3 is 2.50 bits per heavy atom. The first-order valence-electron chi connectivity index (χ1n) is 8.35. The number of aromatic nitrogens is 2.